The molecule has 138 valence electrons. The summed E-state index contributed by atoms with van der Waals surface area (Å²) in [6, 6.07) is 5.71. The van der Waals surface area contributed by atoms with Crippen molar-refractivity contribution in [1.82, 2.24) is 20.8 Å². The quantitative estimate of drug-likeness (QED) is 0.771. The molecule has 1 aliphatic rings. The van der Waals surface area contributed by atoms with Crippen molar-refractivity contribution >= 4 is 11.8 Å². The summed E-state index contributed by atoms with van der Waals surface area (Å²) in [5.41, 5.74) is -0.0344. The van der Waals surface area contributed by atoms with E-state index >= 15 is 0 Å². The number of hydrogen-bond acceptors (Lipinski definition) is 5. The Kier molecular flexibility index (Phi) is 5.93. The Morgan fingerprint density at radius 1 is 1.08 bits per heavy atom. The first-order valence-electron chi connectivity index (χ1n) is 8.79. The lowest BCUT2D eigenvalue weighted by Gasteiger charge is -2.17. The summed E-state index contributed by atoms with van der Waals surface area (Å²) in [5, 5.41) is 9.04. The molecular formula is C18H21FN4O3. The fourth-order valence-corrected chi connectivity index (χ4v) is 3.02. The van der Waals surface area contributed by atoms with E-state index in [1.807, 2.05) is 0 Å². The first-order chi connectivity index (χ1) is 12.6. The minimum absolute atomic E-state index is 0.0344. The van der Waals surface area contributed by atoms with Gasteiger partial charge in [0.15, 0.2) is 5.82 Å². The predicted octanol–water partition coefficient (Wildman–Crippen LogP) is 2.42. The summed E-state index contributed by atoms with van der Waals surface area (Å²) >= 11 is 0. The highest BCUT2D eigenvalue weighted by Gasteiger charge is 2.23. The van der Waals surface area contributed by atoms with Crippen LogP contribution in [0.15, 0.2) is 28.8 Å². The number of nitrogens with zero attached hydrogens (tertiary/aromatic N) is 2. The van der Waals surface area contributed by atoms with E-state index in [4.69, 9.17) is 4.52 Å². The SMILES string of the molecule is O=C(NCCNC(=O)c1ccccc1F)c1nc(C2CCCCC2)no1. The van der Waals surface area contributed by atoms with Crippen LogP contribution in [0, 0.1) is 5.82 Å². The van der Waals surface area contributed by atoms with Crippen LogP contribution >= 0.6 is 0 Å². The van der Waals surface area contributed by atoms with Crippen molar-refractivity contribution in [2.45, 2.75) is 38.0 Å². The molecule has 1 aliphatic carbocycles. The molecule has 0 spiro atoms. The minimum atomic E-state index is -0.588. The predicted molar refractivity (Wildman–Crippen MR) is 91.2 cm³/mol. The molecular weight excluding hydrogens is 339 g/mol. The van der Waals surface area contributed by atoms with Crippen molar-refractivity contribution in [2.75, 3.05) is 13.1 Å². The van der Waals surface area contributed by atoms with Gasteiger partial charge >= 0.3 is 11.8 Å². The number of hydrogen-bond donors (Lipinski definition) is 2. The molecule has 1 fully saturated rings. The highest BCUT2D eigenvalue weighted by Crippen LogP contribution is 2.30. The lowest BCUT2D eigenvalue weighted by atomic mass is 9.89. The Hall–Kier alpha value is -2.77. The van der Waals surface area contributed by atoms with Crippen LogP contribution in [0.5, 0.6) is 0 Å². The average molecular weight is 360 g/mol. The highest BCUT2D eigenvalue weighted by molar-refractivity contribution is 5.94. The topological polar surface area (TPSA) is 97.1 Å². The smallest absolute Gasteiger partial charge is 0.315 e. The molecule has 0 unspecified atom stereocenters. The first-order valence-corrected chi connectivity index (χ1v) is 8.79. The number of aromatic nitrogens is 2. The van der Waals surface area contributed by atoms with E-state index in [1.165, 1.54) is 24.6 Å². The van der Waals surface area contributed by atoms with Gasteiger partial charge in [-0.25, -0.2) is 4.39 Å². The molecule has 1 heterocycles. The van der Waals surface area contributed by atoms with E-state index in [2.05, 4.69) is 20.8 Å². The third-order valence-corrected chi connectivity index (χ3v) is 4.42. The molecule has 1 aromatic carbocycles. The summed E-state index contributed by atoms with van der Waals surface area (Å²) in [5.74, 6) is -0.840. The van der Waals surface area contributed by atoms with E-state index in [0.29, 0.717) is 5.82 Å². The van der Waals surface area contributed by atoms with Crippen LogP contribution in [-0.4, -0.2) is 35.0 Å². The Balaban J connectivity index is 1.43. The van der Waals surface area contributed by atoms with Crippen LogP contribution in [-0.2, 0) is 0 Å². The van der Waals surface area contributed by atoms with Gasteiger partial charge in [-0.05, 0) is 25.0 Å². The molecule has 7 nitrogen and oxygen atoms in total. The van der Waals surface area contributed by atoms with Crippen molar-refractivity contribution in [3.05, 3.63) is 47.4 Å². The van der Waals surface area contributed by atoms with Crippen LogP contribution < -0.4 is 10.6 Å². The third-order valence-electron chi connectivity index (χ3n) is 4.42. The average Bonchev–Trinajstić information content (AvgIpc) is 3.16. The van der Waals surface area contributed by atoms with E-state index in [0.717, 1.165) is 25.7 Å². The number of benzene rings is 1. The molecule has 0 saturated heterocycles. The van der Waals surface area contributed by atoms with Gasteiger partial charge in [0.05, 0.1) is 5.56 Å². The highest BCUT2D eigenvalue weighted by atomic mass is 19.1. The fraction of sp³-hybridized carbons (Fsp3) is 0.444. The number of amides is 2. The van der Waals surface area contributed by atoms with Crippen LogP contribution in [0.3, 0.4) is 0 Å². The molecule has 0 atom stereocenters. The van der Waals surface area contributed by atoms with Crippen molar-refractivity contribution in [2.24, 2.45) is 0 Å². The Labute approximate surface area is 150 Å². The lowest BCUT2D eigenvalue weighted by Crippen LogP contribution is -2.35. The molecule has 1 aromatic heterocycles. The molecule has 26 heavy (non-hydrogen) atoms. The molecule has 3 rings (SSSR count). The second-order valence-corrected chi connectivity index (χ2v) is 6.28. The zero-order valence-electron chi connectivity index (χ0n) is 14.3. The first kappa shape index (κ1) is 18.0. The Bertz CT molecular complexity index is 771. The van der Waals surface area contributed by atoms with Crippen molar-refractivity contribution in [3.63, 3.8) is 0 Å². The van der Waals surface area contributed by atoms with Crippen LogP contribution in [0.2, 0.25) is 0 Å². The van der Waals surface area contributed by atoms with Gasteiger partial charge in [-0.15, -0.1) is 0 Å². The normalized spacial score (nSPS) is 14.8. The van der Waals surface area contributed by atoms with Crippen molar-refractivity contribution in [3.8, 4) is 0 Å². The van der Waals surface area contributed by atoms with Gasteiger partial charge in [0.2, 0.25) is 0 Å². The summed E-state index contributed by atoms with van der Waals surface area (Å²) in [6.45, 7) is 0.322. The van der Waals surface area contributed by atoms with E-state index < -0.39 is 17.6 Å². The van der Waals surface area contributed by atoms with Gasteiger partial charge in [-0.3, -0.25) is 9.59 Å². The maximum Gasteiger partial charge on any atom is 0.315 e. The molecule has 2 amide bonds. The number of rotatable bonds is 6. The lowest BCUT2D eigenvalue weighted by molar-refractivity contribution is 0.0897. The largest absolute Gasteiger partial charge is 0.350 e. The molecule has 0 bridgehead atoms. The molecule has 8 heteroatoms. The number of carbonyl (C=O) groups excluding carboxylic acids is 2. The van der Waals surface area contributed by atoms with Crippen molar-refractivity contribution in [1.29, 1.82) is 0 Å². The third kappa shape index (κ3) is 4.44. The van der Waals surface area contributed by atoms with Crippen LogP contribution in [0.4, 0.5) is 4.39 Å². The van der Waals surface area contributed by atoms with E-state index in [9.17, 15) is 14.0 Å². The maximum atomic E-state index is 13.5. The zero-order chi connectivity index (χ0) is 18.4. The van der Waals surface area contributed by atoms with Crippen LogP contribution in [0.25, 0.3) is 0 Å². The number of halogens is 1. The summed E-state index contributed by atoms with van der Waals surface area (Å²) in [4.78, 5) is 28.1. The van der Waals surface area contributed by atoms with Crippen molar-refractivity contribution < 1.29 is 18.5 Å². The van der Waals surface area contributed by atoms with Gasteiger partial charge in [-0.2, -0.15) is 4.98 Å². The summed E-state index contributed by atoms with van der Waals surface area (Å²) in [7, 11) is 0. The molecule has 2 N–H and O–H groups in total. The maximum absolute atomic E-state index is 13.5. The Morgan fingerprint density at radius 3 is 2.50 bits per heavy atom. The van der Waals surface area contributed by atoms with E-state index in [1.54, 1.807) is 6.07 Å². The molecule has 1 saturated carbocycles. The van der Waals surface area contributed by atoms with Gasteiger partial charge < -0.3 is 15.2 Å². The molecule has 0 aliphatic heterocycles. The standard InChI is InChI=1S/C18H21FN4O3/c19-14-9-5-4-8-13(14)16(24)20-10-11-21-17(25)18-22-15(23-26-18)12-6-2-1-3-7-12/h4-5,8-9,12H,1-3,6-7,10-11H2,(H,20,24)(H,21,25). The van der Waals surface area contributed by atoms with Gasteiger partial charge in [0.25, 0.3) is 5.91 Å². The summed E-state index contributed by atoms with van der Waals surface area (Å²) < 4.78 is 18.5. The van der Waals surface area contributed by atoms with E-state index in [-0.39, 0.29) is 30.5 Å². The second-order valence-electron chi connectivity index (χ2n) is 6.28. The zero-order valence-corrected chi connectivity index (χ0v) is 14.3. The number of nitrogens with one attached hydrogen (secondary N) is 2. The van der Waals surface area contributed by atoms with Crippen LogP contribution in [0.1, 0.15) is 64.9 Å². The van der Waals surface area contributed by atoms with Gasteiger partial charge in [0, 0.05) is 19.0 Å². The molecule has 0 radical (unpaired) electrons. The van der Waals surface area contributed by atoms with Gasteiger partial charge in [0.1, 0.15) is 5.82 Å². The second kappa shape index (κ2) is 8.55. The Morgan fingerprint density at radius 2 is 1.77 bits per heavy atom. The monoisotopic (exact) mass is 360 g/mol. The fourth-order valence-electron chi connectivity index (χ4n) is 3.02. The summed E-state index contributed by atoms with van der Waals surface area (Å²) in [6.07, 6.45) is 5.54. The minimum Gasteiger partial charge on any atom is -0.350 e. The van der Waals surface area contributed by atoms with Gasteiger partial charge in [-0.1, -0.05) is 36.6 Å². The number of carbonyl (C=O) groups is 2. The molecule has 2 aromatic rings.